The molecule has 0 amide bonds. The highest BCUT2D eigenvalue weighted by Gasteiger charge is 2.31. The summed E-state index contributed by atoms with van der Waals surface area (Å²) in [4.78, 5) is 18.0. The molecule has 1 heterocycles. The Morgan fingerprint density at radius 3 is 2.71 bits per heavy atom. The van der Waals surface area contributed by atoms with Gasteiger partial charge in [0.2, 0.25) is 0 Å². The van der Waals surface area contributed by atoms with Crippen molar-refractivity contribution in [2.45, 2.75) is 17.6 Å². The summed E-state index contributed by atoms with van der Waals surface area (Å²) in [7, 11) is 0. The molecule has 1 aromatic rings. The Morgan fingerprint density at radius 1 is 1.59 bits per heavy atom. The van der Waals surface area contributed by atoms with Crippen LogP contribution >= 0.6 is 11.8 Å². The maximum Gasteiger partial charge on any atom is 0.449 e. The van der Waals surface area contributed by atoms with Crippen molar-refractivity contribution in [1.82, 2.24) is 9.97 Å². The van der Waals surface area contributed by atoms with Crippen LogP contribution in [0.15, 0.2) is 11.4 Å². The minimum atomic E-state index is -4.50. The first-order chi connectivity index (χ1) is 7.83. The lowest BCUT2D eigenvalue weighted by atomic mass is 10.3. The normalized spacial score (nSPS) is 11.3. The van der Waals surface area contributed by atoms with E-state index in [9.17, 15) is 18.0 Å². The average Bonchev–Trinajstić information content (AvgIpc) is 2.15. The van der Waals surface area contributed by atoms with Crippen LogP contribution in [0.25, 0.3) is 0 Å². The lowest BCUT2D eigenvalue weighted by Gasteiger charge is -2.07. The second-order valence-corrected chi connectivity index (χ2v) is 3.75. The number of ether oxygens (including phenoxy) is 1. The molecular weight excluding hydrogens is 259 g/mol. The summed E-state index contributed by atoms with van der Waals surface area (Å²) >= 11 is -0.506. The van der Waals surface area contributed by atoms with Gasteiger partial charge in [0.05, 0.1) is 6.61 Å². The maximum atomic E-state index is 12.0. The highest BCUT2D eigenvalue weighted by atomic mass is 32.2. The molecule has 0 bridgehead atoms. The molecule has 17 heavy (non-hydrogen) atoms. The molecule has 1 rings (SSSR count). The Balaban J connectivity index is 2.90. The van der Waals surface area contributed by atoms with Crippen LogP contribution < -0.4 is 5.73 Å². The monoisotopic (exact) mass is 267 g/mol. The van der Waals surface area contributed by atoms with Crippen molar-refractivity contribution < 1.29 is 22.7 Å². The van der Waals surface area contributed by atoms with Gasteiger partial charge in [-0.3, -0.25) is 0 Å². The molecule has 0 aliphatic rings. The largest absolute Gasteiger partial charge is 0.462 e. The molecule has 0 fully saturated rings. The van der Waals surface area contributed by atoms with Gasteiger partial charge < -0.3 is 10.5 Å². The molecule has 0 spiro atoms. The molecule has 0 saturated carbocycles. The van der Waals surface area contributed by atoms with Crippen molar-refractivity contribution in [2.24, 2.45) is 0 Å². The second kappa shape index (κ2) is 5.21. The molecule has 2 N–H and O–H groups in total. The average molecular weight is 267 g/mol. The summed E-state index contributed by atoms with van der Waals surface area (Å²) in [6, 6.07) is 0. The Labute approximate surface area is 98.6 Å². The third-order valence-corrected chi connectivity index (χ3v) is 2.11. The van der Waals surface area contributed by atoms with Crippen LogP contribution in [0, 0.1) is 0 Å². The number of rotatable bonds is 3. The second-order valence-electron chi connectivity index (χ2n) is 2.72. The zero-order valence-corrected chi connectivity index (χ0v) is 9.43. The first-order valence-corrected chi connectivity index (χ1v) is 5.20. The van der Waals surface area contributed by atoms with E-state index in [4.69, 9.17) is 5.73 Å². The first kappa shape index (κ1) is 13.6. The van der Waals surface area contributed by atoms with E-state index in [1.807, 2.05) is 0 Å². The van der Waals surface area contributed by atoms with Crippen molar-refractivity contribution in [3.05, 3.63) is 11.8 Å². The summed E-state index contributed by atoms with van der Waals surface area (Å²) in [5.74, 6) is -1.11. The topological polar surface area (TPSA) is 78.1 Å². The van der Waals surface area contributed by atoms with Crippen molar-refractivity contribution in [3.8, 4) is 0 Å². The van der Waals surface area contributed by atoms with Gasteiger partial charge in [0.25, 0.3) is 0 Å². The van der Waals surface area contributed by atoms with Crippen LogP contribution in [0.5, 0.6) is 0 Å². The molecule has 9 heteroatoms. The van der Waals surface area contributed by atoms with Crippen LogP contribution in [0.2, 0.25) is 0 Å². The van der Waals surface area contributed by atoms with Crippen LogP contribution in [-0.2, 0) is 4.74 Å². The summed E-state index contributed by atoms with van der Waals surface area (Å²) < 4.78 is 40.6. The fourth-order valence-electron chi connectivity index (χ4n) is 0.897. The van der Waals surface area contributed by atoms with E-state index >= 15 is 0 Å². The predicted molar refractivity (Wildman–Crippen MR) is 54.3 cm³/mol. The summed E-state index contributed by atoms with van der Waals surface area (Å²) in [6.07, 6.45) is 0.911. The summed E-state index contributed by atoms with van der Waals surface area (Å²) in [6.45, 7) is 1.71. The number of nitrogens with zero attached hydrogens (tertiary/aromatic N) is 2. The zero-order valence-electron chi connectivity index (χ0n) is 8.61. The number of esters is 1. The van der Waals surface area contributed by atoms with Gasteiger partial charge in [-0.1, -0.05) is 0 Å². The minimum absolute atomic E-state index is 0.122. The highest BCUT2D eigenvalue weighted by molar-refractivity contribution is 8.00. The number of hydrogen-bond acceptors (Lipinski definition) is 6. The molecule has 94 valence electrons. The maximum absolute atomic E-state index is 12.0. The van der Waals surface area contributed by atoms with E-state index in [1.165, 1.54) is 0 Å². The van der Waals surface area contributed by atoms with Crippen molar-refractivity contribution >= 4 is 23.5 Å². The number of nitrogens with two attached hydrogens (primary N) is 1. The fourth-order valence-corrected chi connectivity index (χ4v) is 1.35. The molecule has 0 aliphatic heterocycles. The van der Waals surface area contributed by atoms with E-state index in [2.05, 4.69) is 14.7 Å². The number of hydrogen-bond donors (Lipinski definition) is 1. The van der Waals surface area contributed by atoms with Gasteiger partial charge >= 0.3 is 11.5 Å². The van der Waals surface area contributed by atoms with Gasteiger partial charge in [-0.15, -0.1) is 0 Å². The standard InChI is InChI=1S/C8H8F3N3O2S/c1-2-16-6(15)4-3-13-7(14-5(4)12)17-8(9,10)11/h3H,2H2,1H3,(H2,12,13,14). The molecule has 1 aromatic heterocycles. The third-order valence-electron chi connectivity index (χ3n) is 1.50. The lowest BCUT2D eigenvalue weighted by Crippen LogP contribution is -2.11. The van der Waals surface area contributed by atoms with Crippen molar-refractivity contribution in [3.63, 3.8) is 0 Å². The van der Waals surface area contributed by atoms with Gasteiger partial charge in [-0.05, 0) is 6.92 Å². The van der Waals surface area contributed by atoms with Gasteiger partial charge in [-0.25, -0.2) is 14.8 Å². The summed E-state index contributed by atoms with van der Waals surface area (Å²) in [5, 5.41) is -0.567. The number of nitrogen functional groups attached to an aromatic ring is 1. The summed E-state index contributed by atoms with van der Waals surface area (Å²) in [5.41, 5.74) is 0.682. The van der Waals surface area contributed by atoms with Gasteiger partial charge in [-0.2, -0.15) is 13.2 Å². The molecule has 5 nitrogen and oxygen atoms in total. The van der Waals surface area contributed by atoms with E-state index in [1.54, 1.807) is 6.92 Å². The number of thioether (sulfide) groups is 1. The number of aromatic nitrogens is 2. The smallest absolute Gasteiger partial charge is 0.449 e. The van der Waals surface area contributed by atoms with E-state index in [-0.39, 0.29) is 18.0 Å². The van der Waals surface area contributed by atoms with E-state index < -0.39 is 28.4 Å². The Bertz CT molecular complexity index is 425. The van der Waals surface area contributed by atoms with Gasteiger partial charge in [0, 0.05) is 18.0 Å². The number of halogens is 3. The third kappa shape index (κ3) is 4.10. The molecule has 0 aliphatic carbocycles. The van der Waals surface area contributed by atoms with Crippen molar-refractivity contribution in [2.75, 3.05) is 12.3 Å². The van der Waals surface area contributed by atoms with Crippen LogP contribution in [-0.4, -0.2) is 28.1 Å². The van der Waals surface area contributed by atoms with Gasteiger partial charge in [0.15, 0.2) is 5.16 Å². The van der Waals surface area contributed by atoms with E-state index in [0.29, 0.717) is 0 Å². The zero-order chi connectivity index (χ0) is 13.1. The lowest BCUT2D eigenvalue weighted by molar-refractivity contribution is -0.0330. The number of alkyl halides is 3. The fraction of sp³-hybridized carbons (Fsp3) is 0.375. The molecule has 0 unspecified atom stereocenters. The van der Waals surface area contributed by atoms with Crippen LogP contribution in [0.4, 0.5) is 19.0 Å². The molecule has 0 saturated heterocycles. The first-order valence-electron chi connectivity index (χ1n) is 4.39. The SMILES string of the molecule is CCOC(=O)c1cnc(SC(F)(F)F)nc1N. The number of carbonyl (C=O) groups is 1. The van der Waals surface area contributed by atoms with Gasteiger partial charge in [0.1, 0.15) is 11.4 Å². The Morgan fingerprint density at radius 2 is 2.24 bits per heavy atom. The highest BCUT2D eigenvalue weighted by Crippen LogP contribution is 2.35. The molecule has 0 atom stereocenters. The molecular formula is C8H8F3N3O2S. The number of anilines is 1. The molecule has 0 aromatic carbocycles. The number of carbonyl (C=O) groups excluding carboxylic acids is 1. The minimum Gasteiger partial charge on any atom is -0.462 e. The Hall–Kier alpha value is -1.51. The Kier molecular flexibility index (Phi) is 4.16. The van der Waals surface area contributed by atoms with Crippen molar-refractivity contribution in [1.29, 1.82) is 0 Å². The van der Waals surface area contributed by atoms with E-state index in [0.717, 1.165) is 6.20 Å². The quantitative estimate of drug-likeness (QED) is 0.511. The van der Waals surface area contributed by atoms with Crippen LogP contribution in [0.3, 0.4) is 0 Å². The molecule has 0 radical (unpaired) electrons. The predicted octanol–water partition coefficient (Wildman–Crippen LogP) is 1.85. The van der Waals surface area contributed by atoms with Crippen LogP contribution in [0.1, 0.15) is 17.3 Å².